The summed E-state index contributed by atoms with van der Waals surface area (Å²) in [4.78, 5) is 27.5. The fraction of sp³-hybridized carbons (Fsp3) is 0.917. The summed E-state index contributed by atoms with van der Waals surface area (Å²) in [6.45, 7) is 7.71. The van der Waals surface area contributed by atoms with Crippen LogP contribution in [0.3, 0.4) is 0 Å². The Balaban J connectivity index is 1.16. The van der Waals surface area contributed by atoms with Gasteiger partial charge in [-0.2, -0.15) is 0 Å². The second-order valence-electron chi connectivity index (χ2n) is 12.5. The van der Waals surface area contributed by atoms with E-state index in [0.717, 1.165) is 37.1 Å². The van der Waals surface area contributed by atoms with E-state index in [2.05, 4.69) is 20.8 Å². The largest absolute Gasteiger partial charge is 0.456 e. The van der Waals surface area contributed by atoms with E-state index in [0.29, 0.717) is 17.9 Å². The summed E-state index contributed by atoms with van der Waals surface area (Å²) in [5.41, 5.74) is 0.712. The molecule has 0 radical (unpaired) electrons. The van der Waals surface area contributed by atoms with E-state index >= 15 is 0 Å². The lowest BCUT2D eigenvalue weighted by atomic mass is 9.49. The van der Waals surface area contributed by atoms with Gasteiger partial charge in [0.25, 0.3) is 5.91 Å². The van der Waals surface area contributed by atoms with Gasteiger partial charge in [-0.15, -0.1) is 0 Å². The molecule has 0 N–H and O–H groups in total. The van der Waals surface area contributed by atoms with Crippen molar-refractivity contribution >= 4 is 11.9 Å². The molecule has 0 aromatic heterocycles. The van der Waals surface area contributed by atoms with Crippen LogP contribution in [0.5, 0.6) is 0 Å². The van der Waals surface area contributed by atoms with Gasteiger partial charge in [-0.1, -0.05) is 20.8 Å². The molecule has 0 aromatic carbocycles. The Morgan fingerprint density at radius 1 is 0.929 bits per heavy atom. The number of hydrogen-bond donors (Lipinski definition) is 0. The number of likely N-dealkylation sites (tertiary alicyclic amines) is 1. The lowest BCUT2D eigenvalue weighted by Gasteiger charge is -2.56. The highest BCUT2D eigenvalue weighted by molar-refractivity contribution is 5.81. The summed E-state index contributed by atoms with van der Waals surface area (Å²) in [7, 11) is 0. The maximum absolute atomic E-state index is 12.9. The van der Waals surface area contributed by atoms with Gasteiger partial charge < -0.3 is 9.64 Å². The molecule has 1 saturated heterocycles. The van der Waals surface area contributed by atoms with Gasteiger partial charge in [0.05, 0.1) is 6.42 Å². The summed E-state index contributed by atoms with van der Waals surface area (Å²) in [5.74, 6) is 2.41. The van der Waals surface area contributed by atoms with Crippen molar-refractivity contribution in [3.63, 3.8) is 0 Å². The quantitative estimate of drug-likeness (QED) is 0.664. The van der Waals surface area contributed by atoms with Crippen LogP contribution in [-0.2, 0) is 14.3 Å². The lowest BCUT2D eigenvalue weighted by Crippen LogP contribution is -2.47. The van der Waals surface area contributed by atoms with Crippen molar-refractivity contribution in [2.75, 3.05) is 13.2 Å². The van der Waals surface area contributed by atoms with E-state index < -0.39 is 0 Å². The zero-order chi connectivity index (χ0) is 19.7. The molecule has 6 bridgehead atoms. The average molecular weight is 388 g/mol. The predicted molar refractivity (Wildman–Crippen MR) is 107 cm³/mol. The minimum absolute atomic E-state index is 0.0188. The summed E-state index contributed by atoms with van der Waals surface area (Å²) in [5, 5.41) is 0. The van der Waals surface area contributed by atoms with Gasteiger partial charge in [-0.05, 0) is 91.8 Å². The number of fused-ring (bicyclic) bond motifs is 2. The van der Waals surface area contributed by atoms with Crippen molar-refractivity contribution in [2.24, 2.45) is 34.0 Å². The fourth-order valence-corrected chi connectivity index (χ4v) is 8.84. The number of esters is 1. The third kappa shape index (κ3) is 3.39. The predicted octanol–water partition coefficient (Wildman–Crippen LogP) is 4.56. The minimum Gasteiger partial charge on any atom is -0.456 e. The number of rotatable bonds is 4. The Morgan fingerprint density at radius 3 is 2.14 bits per heavy atom. The fourth-order valence-electron chi connectivity index (χ4n) is 8.84. The van der Waals surface area contributed by atoms with Crippen LogP contribution in [0.4, 0.5) is 0 Å². The molecule has 1 heterocycles. The SMILES string of the molecule is CC1(C)C[C@H]2C[C@](C)(CN2C(=O)COC(=O)CC23CC4CC(CC(C4)C2)C3)C1. The van der Waals surface area contributed by atoms with Gasteiger partial charge in [-0.3, -0.25) is 9.59 Å². The molecule has 6 rings (SSSR count). The van der Waals surface area contributed by atoms with Crippen LogP contribution in [0, 0.1) is 34.0 Å². The summed E-state index contributed by atoms with van der Waals surface area (Å²) >= 11 is 0. The third-order valence-corrected chi connectivity index (χ3v) is 8.78. The van der Waals surface area contributed by atoms with Crippen LogP contribution >= 0.6 is 0 Å². The van der Waals surface area contributed by atoms with Crippen molar-refractivity contribution in [3.8, 4) is 0 Å². The van der Waals surface area contributed by atoms with Gasteiger partial charge in [0.1, 0.15) is 0 Å². The highest BCUT2D eigenvalue weighted by Gasteiger charge is 2.53. The van der Waals surface area contributed by atoms with Gasteiger partial charge >= 0.3 is 5.97 Å². The molecule has 5 saturated carbocycles. The molecule has 4 heteroatoms. The monoisotopic (exact) mass is 387 g/mol. The molecule has 5 aliphatic carbocycles. The van der Waals surface area contributed by atoms with Crippen molar-refractivity contribution in [1.29, 1.82) is 0 Å². The molecule has 0 unspecified atom stereocenters. The molecule has 156 valence electrons. The Bertz CT molecular complexity index is 648. The molecule has 6 aliphatic rings. The zero-order valence-electron chi connectivity index (χ0n) is 18.0. The molecular formula is C24H37NO3. The van der Waals surface area contributed by atoms with Crippen LogP contribution in [0.15, 0.2) is 0 Å². The number of nitrogens with zero attached hydrogens (tertiary/aromatic N) is 1. The molecule has 1 amide bonds. The highest BCUT2D eigenvalue weighted by atomic mass is 16.5. The first-order chi connectivity index (χ1) is 13.1. The van der Waals surface area contributed by atoms with Crippen LogP contribution in [0.1, 0.15) is 85.0 Å². The Hall–Kier alpha value is -1.06. The van der Waals surface area contributed by atoms with Crippen LogP contribution in [-0.4, -0.2) is 36.0 Å². The lowest BCUT2D eigenvalue weighted by molar-refractivity contribution is -0.158. The molecule has 6 fully saturated rings. The van der Waals surface area contributed by atoms with Crippen molar-refractivity contribution in [3.05, 3.63) is 0 Å². The summed E-state index contributed by atoms with van der Waals surface area (Å²) < 4.78 is 5.56. The topological polar surface area (TPSA) is 46.6 Å². The average Bonchev–Trinajstić information content (AvgIpc) is 2.79. The molecule has 1 aliphatic heterocycles. The standard InChI is InChI=1S/C24H37NO3/c1-22(2)10-19-11-23(3,14-22)15-25(19)20(26)13-28-21(27)12-24-7-16-4-17(8-24)6-18(5-16)9-24/h16-19H,4-15H2,1-3H3/t16?,17?,18?,19-,23-,24?/m0/s1. The van der Waals surface area contributed by atoms with Crippen molar-refractivity contribution in [1.82, 2.24) is 4.90 Å². The van der Waals surface area contributed by atoms with Crippen LogP contribution in [0.2, 0.25) is 0 Å². The van der Waals surface area contributed by atoms with Crippen LogP contribution < -0.4 is 0 Å². The van der Waals surface area contributed by atoms with Gasteiger partial charge in [0.15, 0.2) is 6.61 Å². The van der Waals surface area contributed by atoms with E-state index in [4.69, 9.17) is 4.74 Å². The normalized spacial score (nSPS) is 45.3. The Labute approximate surface area is 169 Å². The Morgan fingerprint density at radius 2 is 1.54 bits per heavy atom. The van der Waals surface area contributed by atoms with Gasteiger partial charge in [-0.25, -0.2) is 0 Å². The van der Waals surface area contributed by atoms with Gasteiger partial charge in [0, 0.05) is 12.6 Å². The summed E-state index contributed by atoms with van der Waals surface area (Å²) in [6, 6.07) is 0.322. The number of ether oxygens (including phenoxy) is 1. The first-order valence-electron chi connectivity index (χ1n) is 11.6. The first kappa shape index (κ1) is 18.9. The smallest absolute Gasteiger partial charge is 0.306 e. The second-order valence-corrected chi connectivity index (χ2v) is 12.5. The van der Waals surface area contributed by atoms with Gasteiger partial charge in [0.2, 0.25) is 0 Å². The van der Waals surface area contributed by atoms with E-state index in [1.54, 1.807) is 0 Å². The first-order valence-corrected chi connectivity index (χ1v) is 11.6. The van der Waals surface area contributed by atoms with Crippen molar-refractivity contribution < 1.29 is 14.3 Å². The molecule has 28 heavy (non-hydrogen) atoms. The number of amides is 1. The maximum atomic E-state index is 12.9. The molecule has 0 spiro atoms. The molecule has 2 atom stereocenters. The summed E-state index contributed by atoms with van der Waals surface area (Å²) in [6.07, 6.45) is 11.7. The van der Waals surface area contributed by atoms with E-state index in [-0.39, 0.29) is 29.3 Å². The van der Waals surface area contributed by atoms with E-state index in [9.17, 15) is 9.59 Å². The number of hydrogen-bond acceptors (Lipinski definition) is 3. The van der Waals surface area contributed by atoms with Crippen LogP contribution in [0.25, 0.3) is 0 Å². The molecular weight excluding hydrogens is 350 g/mol. The second kappa shape index (κ2) is 6.22. The highest BCUT2D eigenvalue weighted by Crippen LogP contribution is 2.61. The Kier molecular flexibility index (Phi) is 4.21. The zero-order valence-corrected chi connectivity index (χ0v) is 18.0. The maximum Gasteiger partial charge on any atom is 0.306 e. The van der Waals surface area contributed by atoms with E-state index in [1.165, 1.54) is 44.9 Å². The van der Waals surface area contributed by atoms with Crippen molar-refractivity contribution in [2.45, 2.75) is 91.0 Å². The molecule has 0 aromatic rings. The molecule has 4 nitrogen and oxygen atoms in total. The van der Waals surface area contributed by atoms with E-state index in [1.807, 2.05) is 4.90 Å². The number of carbonyl (C=O) groups excluding carboxylic acids is 2. The minimum atomic E-state index is -0.135. The third-order valence-electron chi connectivity index (χ3n) is 8.78. The number of carbonyl (C=O) groups is 2.